The van der Waals surface area contributed by atoms with Crippen molar-refractivity contribution in [1.82, 2.24) is 5.43 Å². The number of benzene rings is 1. The fraction of sp³-hybridized carbons (Fsp3) is 0.684. The maximum atomic E-state index is 6.03. The summed E-state index contributed by atoms with van der Waals surface area (Å²) >= 11 is 0. The van der Waals surface area contributed by atoms with E-state index in [0.29, 0.717) is 12.0 Å². The highest BCUT2D eigenvalue weighted by Crippen LogP contribution is 2.42. The summed E-state index contributed by atoms with van der Waals surface area (Å²) in [4.78, 5) is 0. The first kappa shape index (κ1) is 15.1. The summed E-state index contributed by atoms with van der Waals surface area (Å²) in [7, 11) is 0. The van der Waals surface area contributed by atoms with Crippen molar-refractivity contribution in [3.05, 3.63) is 35.4 Å². The van der Waals surface area contributed by atoms with Crippen LogP contribution < -0.4 is 11.3 Å². The second-order valence-electron chi connectivity index (χ2n) is 7.57. The average Bonchev–Trinajstić information content (AvgIpc) is 2.47. The van der Waals surface area contributed by atoms with Gasteiger partial charge >= 0.3 is 0 Å². The lowest BCUT2D eigenvalue weighted by molar-refractivity contribution is 0.157. The first-order valence-corrected chi connectivity index (χ1v) is 8.73. The van der Waals surface area contributed by atoms with E-state index in [1.807, 2.05) is 0 Å². The van der Waals surface area contributed by atoms with Gasteiger partial charge in [-0.2, -0.15) is 0 Å². The molecule has 2 nitrogen and oxygen atoms in total. The van der Waals surface area contributed by atoms with Gasteiger partial charge in [0.1, 0.15) is 0 Å². The molecule has 116 valence electrons. The van der Waals surface area contributed by atoms with Gasteiger partial charge in [-0.1, -0.05) is 38.1 Å². The van der Waals surface area contributed by atoms with E-state index in [1.165, 1.54) is 38.5 Å². The zero-order valence-electron chi connectivity index (χ0n) is 13.5. The quantitative estimate of drug-likeness (QED) is 0.651. The molecule has 1 saturated carbocycles. The Bertz CT molecular complexity index is 460. The van der Waals surface area contributed by atoms with Gasteiger partial charge in [0.25, 0.3) is 0 Å². The fourth-order valence-corrected chi connectivity index (χ4v) is 5.05. The number of nitrogens with one attached hydrogen (secondary N) is 1. The highest BCUT2D eigenvalue weighted by molar-refractivity contribution is 5.34. The molecule has 0 aromatic heterocycles. The third-order valence-corrected chi connectivity index (χ3v) is 5.76. The smallest absolute Gasteiger partial charge is 0.0307 e. The predicted molar refractivity (Wildman–Crippen MR) is 88.9 cm³/mol. The van der Waals surface area contributed by atoms with E-state index in [1.54, 1.807) is 11.1 Å². The number of rotatable bonds is 3. The summed E-state index contributed by atoms with van der Waals surface area (Å²) in [6.07, 6.45) is 7.87. The Balaban J connectivity index is 1.84. The molecule has 0 aliphatic heterocycles. The van der Waals surface area contributed by atoms with E-state index in [-0.39, 0.29) is 0 Å². The van der Waals surface area contributed by atoms with Gasteiger partial charge in [-0.3, -0.25) is 11.3 Å². The second-order valence-corrected chi connectivity index (χ2v) is 7.57. The Morgan fingerprint density at radius 1 is 1.10 bits per heavy atom. The molecule has 1 aromatic rings. The Hall–Kier alpha value is -0.860. The third kappa shape index (κ3) is 3.17. The molecule has 3 N–H and O–H groups in total. The van der Waals surface area contributed by atoms with Gasteiger partial charge in [0.05, 0.1) is 0 Å². The monoisotopic (exact) mass is 286 g/mol. The molecular weight excluding hydrogens is 256 g/mol. The lowest BCUT2D eigenvalue weighted by Crippen LogP contribution is -2.47. The molecule has 0 heterocycles. The fourth-order valence-electron chi connectivity index (χ4n) is 5.05. The number of hydrogen-bond acceptors (Lipinski definition) is 2. The molecule has 2 aliphatic carbocycles. The molecule has 0 radical (unpaired) electrons. The lowest BCUT2D eigenvalue weighted by atomic mass is 9.68. The molecule has 4 unspecified atom stereocenters. The molecule has 0 spiro atoms. The number of hydrazine groups is 1. The Kier molecular flexibility index (Phi) is 4.66. The predicted octanol–water partition coefficient (Wildman–Crippen LogP) is 4.01. The van der Waals surface area contributed by atoms with Crippen LogP contribution >= 0.6 is 0 Å². The summed E-state index contributed by atoms with van der Waals surface area (Å²) in [5.41, 5.74) is 6.32. The minimum atomic E-state index is 0.441. The van der Waals surface area contributed by atoms with Crippen LogP contribution in [-0.2, 0) is 6.42 Å². The molecule has 0 bridgehead atoms. The van der Waals surface area contributed by atoms with Crippen LogP contribution in [0.15, 0.2) is 24.3 Å². The van der Waals surface area contributed by atoms with Crippen LogP contribution in [0, 0.1) is 17.8 Å². The summed E-state index contributed by atoms with van der Waals surface area (Å²) in [6.45, 7) is 4.82. The number of fused-ring (bicyclic) bond motifs is 1. The maximum Gasteiger partial charge on any atom is 0.0307 e. The van der Waals surface area contributed by atoms with Gasteiger partial charge in [-0.15, -0.1) is 0 Å². The highest BCUT2D eigenvalue weighted by atomic mass is 15.2. The molecule has 0 saturated heterocycles. The molecule has 2 heteroatoms. The summed E-state index contributed by atoms with van der Waals surface area (Å²) in [5, 5.41) is 0. The van der Waals surface area contributed by atoms with E-state index in [4.69, 9.17) is 5.84 Å². The maximum absolute atomic E-state index is 6.03. The van der Waals surface area contributed by atoms with Gasteiger partial charge in [0.2, 0.25) is 0 Å². The molecular formula is C19H30N2. The zero-order valence-corrected chi connectivity index (χ0v) is 13.5. The average molecular weight is 286 g/mol. The number of hydrogen-bond donors (Lipinski definition) is 2. The van der Waals surface area contributed by atoms with E-state index in [0.717, 1.165) is 17.8 Å². The van der Waals surface area contributed by atoms with Gasteiger partial charge in [-0.25, -0.2) is 0 Å². The van der Waals surface area contributed by atoms with Gasteiger partial charge in [0, 0.05) is 12.0 Å². The van der Waals surface area contributed by atoms with Crippen molar-refractivity contribution in [2.75, 3.05) is 0 Å². The van der Waals surface area contributed by atoms with Gasteiger partial charge in [0.15, 0.2) is 0 Å². The summed E-state index contributed by atoms with van der Waals surface area (Å²) < 4.78 is 0. The van der Waals surface area contributed by atoms with Crippen LogP contribution in [0.5, 0.6) is 0 Å². The van der Waals surface area contributed by atoms with Crippen LogP contribution in [0.4, 0.5) is 0 Å². The normalized spacial score (nSPS) is 34.2. The zero-order chi connectivity index (χ0) is 14.8. The minimum absolute atomic E-state index is 0.441. The van der Waals surface area contributed by atoms with Crippen molar-refractivity contribution in [3.63, 3.8) is 0 Å². The molecule has 21 heavy (non-hydrogen) atoms. The van der Waals surface area contributed by atoms with Crippen LogP contribution in [-0.4, -0.2) is 6.04 Å². The van der Waals surface area contributed by atoms with Crippen LogP contribution in [0.3, 0.4) is 0 Å². The van der Waals surface area contributed by atoms with Gasteiger partial charge in [-0.05, 0) is 67.4 Å². The van der Waals surface area contributed by atoms with E-state index >= 15 is 0 Å². The lowest BCUT2D eigenvalue weighted by Gasteiger charge is -2.41. The molecule has 1 aromatic carbocycles. The number of nitrogens with two attached hydrogens (primary N) is 1. The first-order chi connectivity index (χ1) is 10.2. The van der Waals surface area contributed by atoms with Crippen molar-refractivity contribution < 1.29 is 0 Å². The molecule has 0 amide bonds. The highest BCUT2D eigenvalue weighted by Gasteiger charge is 2.36. The Morgan fingerprint density at radius 3 is 2.52 bits per heavy atom. The minimum Gasteiger partial charge on any atom is -0.271 e. The third-order valence-electron chi connectivity index (χ3n) is 5.76. The van der Waals surface area contributed by atoms with Crippen LogP contribution in [0.1, 0.15) is 63.0 Å². The van der Waals surface area contributed by atoms with Crippen LogP contribution in [0.25, 0.3) is 0 Å². The van der Waals surface area contributed by atoms with Crippen molar-refractivity contribution in [1.29, 1.82) is 0 Å². The van der Waals surface area contributed by atoms with Crippen molar-refractivity contribution >= 4 is 0 Å². The SMILES string of the molecule is CC1CC(C)CC(C(NN)C2CCCc3ccccc32)C1. The molecule has 2 aliphatic rings. The van der Waals surface area contributed by atoms with Crippen molar-refractivity contribution in [3.8, 4) is 0 Å². The van der Waals surface area contributed by atoms with E-state index in [9.17, 15) is 0 Å². The second kappa shape index (κ2) is 6.50. The molecule has 1 fully saturated rings. The van der Waals surface area contributed by atoms with Crippen molar-refractivity contribution in [2.45, 2.75) is 64.3 Å². The Morgan fingerprint density at radius 2 is 1.81 bits per heavy atom. The Labute approximate surface area is 129 Å². The first-order valence-electron chi connectivity index (χ1n) is 8.73. The van der Waals surface area contributed by atoms with E-state index in [2.05, 4.69) is 43.5 Å². The van der Waals surface area contributed by atoms with Gasteiger partial charge < -0.3 is 0 Å². The van der Waals surface area contributed by atoms with Crippen molar-refractivity contribution in [2.24, 2.45) is 23.6 Å². The topological polar surface area (TPSA) is 38.0 Å². The van der Waals surface area contributed by atoms with Crippen LogP contribution in [0.2, 0.25) is 0 Å². The number of aryl methyl sites for hydroxylation is 1. The summed E-state index contributed by atoms with van der Waals surface area (Å²) in [5.74, 6) is 9.04. The molecule has 4 atom stereocenters. The summed E-state index contributed by atoms with van der Waals surface area (Å²) in [6, 6.07) is 9.45. The standard InChI is InChI=1S/C19H30N2/c1-13-10-14(2)12-16(11-13)19(21-20)18-9-5-7-15-6-3-4-8-17(15)18/h3-4,6,8,13-14,16,18-19,21H,5,7,9-12,20H2,1-2H3. The van der Waals surface area contributed by atoms with E-state index < -0.39 is 0 Å². The largest absolute Gasteiger partial charge is 0.271 e. The molecule has 3 rings (SSSR count).